The second kappa shape index (κ2) is 3.15. The van der Waals surface area contributed by atoms with Gasteiger partial charge in [-0.05, 0) is 6.07 Å². The molecule has 0 aliphatic carbocycles. The summed E-state index contributed by atoms with van der Waals surface area (Å²) in [4.78, 5) is 0. The van der Waals surface area contributed by atoms with Crippen molar-refractivity contribution in [2.24, 2.45) is 7.05 Å². The van der Waals surface area contributed by atoms with Crippen LogP contribution in [-0.2, 0) is 7.05 Å². The van der Waals surface area contributed by atoms with Gasteiger partial charge >= 0.3 is 0 Å². The lowest BCUT2D eigenvalue weighted by Gasteiger charge is -1.96. The third-order valence-electron chi connectivity index (χ3n) is 1.63. The highest BCUT2D eigenvalue weighted by molar-refractivity contribution is 5.66. The van der Waals surface area contributed by atoms with Crippen LogP contribution in [0.25, 0.3) is 5.57 Å². The molecule has 1 rings (SSSR count). The van der Waals surface area contributed by atoms with Gasteiger partial charge in [0, 0.05) is 17.7 Å². The van der Waals surface area contributed by atoms with Crippen LogP contribution in [0.3, 0.4) is 0 Å². The van der Waals surface area contributed by atoms with Crippen molar-refractivity contribution in [1.82, 2.24) is 0 Å². The van der Waals surface area contributed by atoms with Gasteiger partial charge in [0.05, 0.1) is 0 Å². The lowest BCUT2D eigenvalue weighted by Crippen LogP contribution is -2.31. The second-order valence-electron chi connectivity index (χ2n) is 2.43. The molecular formula is C10H12N+. The van der Waals surface area contributed by atoms with E-state index in [-0.39, 0.29) is 0 Å². The zero-order valence-electron chi connectivity index (χ0n) is 6.75. The molecule has 0 amide bonds. The molecule has 1 nitrogen and oxygen atoms in total. The van der Waals surface area contributed by atoms with E-state index in [1.54, 1.807) is 6.08 Å². The first-order valence-corrected chi connectivity index (χ1v) is 3.52. The molecule has 0 N–H and O–H groups in total. The Balaban J connectivity index is 3.13. The van der Waals surface area contributed by atoms with E-state index < -0.39 is 0 Å². The molecule has 0 saturated heterocycles. The van der Waals surface area contributed by atoms with E-state index in [1.807, 2.05) is 36.0 Å². The van der Waals surface area contributed by atoms with Crippen LogP contribution < -0.4 is 4.57 Å². The van der Waals surface area contributed by atoms with E-state index >= 15 is 0 Å². The summed E-state index contributed by atoms with van der Waals surface area (Å²) in [6.45, 7) is 7.53. The Bertz CT molecular complexity index is 287. The van der Waals surface area contributed by atoms with Gasteiger partial charge in [-0.25, -0.2) is 4.57 Å². The Morgan fingerprint density at radius 2 is 2.27 bits per heavy atom. The minimum Gasteiger partial charge on any atom is -0.201 e. The van der Waals surface area contributed by atoms with Gasteiger partial charge < -0.3 is 0 Å². The maximum absolute atomic E-state index is 3.87. The largest absolute Gasteiger partial charge is 0.211 e. The van der Waals surface area contributed by atoms with Crippen molar-refractivity contribution in [3.05, 3.63) is 49.3 Å². The average molecular weight is 146 g/mol. The number of hydrogen-bond donors (Lipinski definition) is 0. The molecule has 0 aliphatic heterocycles. The van der Waals surface area contributed by atoms with Crippen LogP contribution in [0.2, 0.25) is 0 Å². The van der Waals surface area contributed by atoms with Gasteiger partial charge in [0.15, 0.2) is 6.20 Å². The van der Waals surface area contributed by atoms with Gasteiger partial charge in [0.2, 0.25) is 5.69 Å². The predicted octanol–water partition coefficient (Wildman–Crippen LogP) is 1.71. The molecule has 0 aromatic carbocycles. The molecular weight excluding hydrogens is 134 g/mol. The second-order valence-corrected chi connectivity index (χ2v) is 2.43. The van der Waals surface area contributed by atoms with Crippen molar-refractivity contribution >= 4 is 5.57 Å². The first-order chi connectivity index (χ1) is 5.25. The molecule has 0 atom stereocenters. The predicted molar refractivity (Wildman–Crippen MR) is 46.8 cm³/mol. The summed E-state index contributed by atoms with van der Waals surface area (Å²) in [6.07, 6.45) is 3.75. The molecule has 0 radical (unpaired) electrons. The minimum atomic E-state index is 0.952. The lowest BCUT2D eigenvalue weighted by molar-refractivity contribution is -0.673. The highest BCUT2D eigenvalue weighted by atomic mass is 14.9. The summed E-state index contributed by atoms with van der Waals surface area (Å²) in [5.74, 6) is 0. The smallest absolute Gasteiger partial charge is 0.201 e. The molecule has 0 saturated carbocycles. The molecule has 11 heavy (non-hydrogen) atoms. The Kier molecular flexibility index (Phi) is 2.21. The summed E-state index contributed by atoms with van der Waals surface area (Å²) in [5.41, 5.74) is 2.05. The molecule has 0 unspecified atom stereocenters. The van der Waals surface area contributed by atoms with E-state index in [1.165, 1.54) is 0 Å². The van der Waals surface area contributed by atoms with Gasteiger partial charge in [-0.3, -0.25) is 0 Å². The number of aromatic nitrogens is 1. The van der Waals surface area contributed by atoms with Crippen molar-refractivity contribution in [2.45, 2.75) is 0 Å². The Morgan fingerprint density at radius 1 is 1.55 bits per heavy atom. The fourth-order valence-corrected chi connectivity index (χ4v) is 0.961. The zero-order chi connectivity index (χ0) is 8.27. The molecule has 0 aliphatic rings. The van der Waals surface area contributed by atoms with E-state index in [9.17, 15) is 0 Å². The van der Waals surface area contributed by atoms with Crippen LogP contribution in [0.15, 0.2) is 43.6 Å². The quantitative estimate of drug-likeness (QED) is 0.442. The minimum absolute atomic E-state index is 0.952. The number of allylic oxidation sites excluding steroid dienone is 2. The van der Waals surface area contributed by atoms with Gasteiger partial charge in [0.25, 0.3) is 0 Å². The van der Waals surface area contributed by atoms with Crippen LogP contribution in [0.4, 0.5) is 0 Å². The fraction of sp³-hybridized carbons (Fsp3) is 0.100. The number of aryl methyl sites for hydroxylation is 1. The zero-order valence-corrected chi connectivity index (χ0v) is 6.75. The number of rotatable bonds is 2. The monoisotopic (exact) mass is 146 g/mol. The highest BCUT2D eigenvalue weighted by Gasteiger charge is 2.04. The van der Waals surface area contributed by atoms with Gasteiger partial charge in [-0.2, -0.15) is 0 Å². The van der Waals surface area contributed by atoms with Crippen LogP contribution >= 0.6 is 0 Å². The maximum Gasteiger partial charge on any atom is 0.211 e. The summed E-state index contributed by atoms with van der Waals surface area (Å²) in [5, 5.41) is 0. The topological polar surface area (TPSA) is 3.88 Å². The normalized spacial score (nSPS) is 9.18. The standard InChI is InChI=1S/C10H12N/c1-4-9(2)10-7-5-6-8-11(10)3/h4-8H,1-2H2,3H3/q+1. The Labute approximate surface area is 67.3 Å². The first kappa shape index (κ1) is 7.73. The van der Waals surface area contributed by atoms with E-state index in [4.69, 9.17) is 0 Å². The molecule has 0 bridgehead atoms. The summed E-state index contributed by atoms with van der Waals surface area (Å²) >= 11 is 0. The van der Waals surface area contributed by atoms with E-state index in [0.29, 0.717) is 0 Å². The van der Waals surface area contributed by atoms with Crippen molar-refractivity contribution < 1.29 is 4.57 Å². The maximum atomic E-state index is 3.87. The Hall–Kier alpha value is -1.37. The summed E-state index contributed by atoms with van der Waals surface area (Å²) < 4.78 is 2.02. The van der Waals surface area contributed by atoms with Crippen molar-refractivity contribution in [3.8, 4) is 0 Å². The molecule has 56 valence electrons. The van der Waals surface area contributed by atoms with E-state index in [0.717, 1.165) is 11.3 Å². The third kappa shape index (κ3) is 1.55. The summed E-state index contributed by atoms with van der Waals surface area (Å²) in [7, 11) is 1.99. The van der Waals surface area contributed by atoms with E-state index in [2.05, 4.69) is 13.2 Å². The van der Waals surface area contributed by atoms with Crippen LogP contribution in [-0.4, -0.2) is 0 Å². The average Bonchev–Trinajstić information content (AvgIpc) is 2.04. The van der Waals surface area contributed by atoms with Crippen molar-refractivity contribution in [2.75, 3.05) is 0 Å². The molecule has 0 fully saturated rings. The first-order valence-electron chi connectivity index (χ1n) is 3.52. The number of pyridine rings is 1. The fourth-order valence-electron chi connectivity index (χ4n) is 0.961. The van der Waals surface area contributed by atoms with Crippen LogP contribution in [0, 0.1) is 0 Å². The van der Waals surface area contributed by atoms with Gasteiger partial charge in [-0.15, -0.1) is 0 Å². The molecule has 1 heterocycles. The summed E-state index contributed by atoms with van der Waals surface area (Å²) in [6, 6.07) is 5.99. The van der Waals surface area contributed by atoms with Crippen LogP contribution in [0.1, 0.15) is 5.69 Å². The number of nitrogens with zero attached hydrogens (tertiary/aromatic N) is 1. The molecule has 1 heteroatoms. The van der Waals surface area contributed by atoms with Crippen LogP contribution in [0.5, 0.6) is 0 Å². The molecule has 0 spiro atoms. The molecule has 1 aromatic heterocycles. The van der Waals surface area contributed by atoms with Crippen molar-refractivity contribution in [1.29, 1.82) is 0 Å². The Morgan fingerprint density at radius 3 is 2.82 bits per heavy atom. The third-order valence-corrected chi connectivity index (χ3v) is 1.63. The highest BCUT2D eigenvalue weighted by Crippen LogP contribution is 2.05. The molecule has 1 aromatic rings. The van der Waals surface area contributed by atoms with Gasteiger partial charge in [0.1, 0.15) is 7.05 Å². The number of hydrogen-bond acceptors (Lipinski definition) is 0. The SMILES string of the molecule is C=CC(=C)c1cccc[n+]1C. The van der Waals surface area contributed by atoms with Gasteiger partial charge in [-0.1, -0.05) is 19.2 Å². The lowest BCUT2D eigenvalue weighted by atomic mass is 10.2. The van der Waals surface area contributed by atoms with Crippen molar-refractivity contribution in [3.63, 3.8) is 0 Å².